The summed E-state index contributed by atoms with van der Waals surface area (Å²) in [6.45, 7) is 2.01. The topological polar surface area (TPSA) is 38.0 Å². The normalized spacial score (nSPS) is 31.9. The van der Waals surface area contributed by atoms with Gasteiger partial charge in [-0.2, -0.15) is 0 Å². The molecule has 1 aliphatic rings. The van der Waals surface area contributed by atoms with Crippen LogP contribution in [0.5, 0.6) is 0 Å². The molecule has 1 aliphatic carbocycles. The quantitative estimate of drug-likeness (QED) is 0.504. The van der Waals surface area contributed by atoms with Crippen LogP contribution < -0.4 is 11.3 Å². The summed E-state index contributed by atoms with van der Waals surface area (Å²) in [7, 11) is 0. The summed E-state index contributed by atoms with van der Waals surface area (Å²) in [5.41, 5.74) is 4.68. The number of hydrazine groups is 1. The van der Waals surface area contributed by atoms with Crippen molar-refractivity contribution in [1.29, 1.82) is 0 Å². The molecule has 0 bridgehead atoms. The number of hydrogen-bond acceptors (Lipinski definition) is 2. The second-order valence-corrected chi connectivity index (χ2v) is 3.11. The summed E-state index contributed by atoms with van der Waals surface area (Å²) in [6, 6.07) is 0. The molecule has 0 fully saturated rings. The van der Waals surface area contributed by atoms with E-state index in [1.165, 1.54) is 0 Å². The molecule has 15 heavy (non-hydrogen) atoms. The van der Waals surface area contributed by atoms with E-state index >= 15 is 0 Å². The van der Waals surface area contributed by atoms with Gasteiger partial charge in [-0.05, 0) is 18.6 Å². The molecule has 0 unspecified atom stereocenters. The van der Waals surface area contributed by atoms with Crippen LogP contribution >= 0.6 is 0 Å². The average molecular weight is 200 g/mol. The molecule has 0 atom stereocenters. The van der Waals surface area contributed by atoms with Crippen molar-refractivity contribution in [3.05, 3.63) is 72.0 Å². The summed E-state index contributed by atoms with van der Waals surface area (Å²) in [6.07, 6.45) is 19.7. The van der Waals surface area contributed by atoms with E-state index in [2.05, 4.69) is 5.43 Å². The molecule has 78 valence electrons. The minimum Gasteiger partial charge on any atom is -0.324 e. The Morgan fingerprint density at radius 3 is 1.80 bits per heavy atom. The highest BCUT2D eigenvalue weighted by Crippen LogP contribution is 2.04. The minimum atomic E-state index is 0.911. The minimum absolute atomic E-state index is 0.911. The maximum absolute atomic E-state index is 5.43. The van der Waals surface area contributed by atoms with Crippen LogP contribution in [0.25, 0.3) is 0 Å². The highest BCUT2D eigenvalue weighted by Gasteiger charge is 1.91. The van der Waals surface area contributed by atoms with E-state index in [9.17, 15) is 0 Å². The highest BCUT2D eigenvalue weighted by molar-refractivity contribution is 5.34. The Morgan fingerprint density at radius 2 is 1.27 bits per heavy atom. The first-order valence-electron chi connectivity index (χ1n) is 4.87. The van der Waals surface area contributed by atoms with Crippen LogP contribution in [-0.2, 0) is 0 Å². The SMILES string of the molecule is CC1=C(NN)/C=C\C=C/C=C\C=C/C=C\1. The summed E-state index contributed by atoms with van der Waals surface area (Å²) in [4.78, 5) is 0. The molecule has 0 saturated heterocycles. The molecule has 2 heteroatoms. The fraction of sp³-hybridized carbons (Fsp3) is 0.0769. The van der Waals surface area contributed by atoms with Crippen molar-refractivity contribution in [3.63, 3.8) is 0 Å². The Balaban J connectivity index is 2.97. The van der Waals surface area contributed by atoms with E-state index in [0.29, 0.717) is 0 Å². The smallest absolute Gasteiger partial charge is 0.0514 e. The van der Waals surface area contributed by atoms with Gasteiger partial charge in [0.1, 0.15) is 0 Å². The second-order valence-electron chi connectivity index (χ2n) is 3.11. The fourth-order valence-electron chi connectivity index (χ4n) is 1.12. The third-order valence-corrected chi connectivity index (χ3v) is 1.97. The van der Waals surface area contributed by atoms with Crippen LogP contribution in [0.4, 0.5) is 0 Å². The zero-order valence-corrected chi connectivity index (χ0v) is 8.85. The van der Waals surface area contributed by atoms with Crippen molar-refractivity contribution in [2.75, 3.05) is 0 Å². The lowest BCUT2D eigenvalue weighted by molar-refractivity contribution is 0.903. The fourth-order valence-corrected chi connectivity index (χ4v) is 1.12. The van der Waals surface area contributed by atoms with Gasteiger partial charge in [0.05, 0.1) is 5.70 Å². The molecule has 0 heterocycles. The van der Waals surface area contributed by atoms with Crippen LogP contribution in [0.1, 0.15) is 6.92 Å². The molecular formula is C13H16N2. The number of allylic oxidation sites excluding steroid dienone is 11. The first kappa shape index (κ1) is 11.3. The first-order chi connectivity index (χ1) is 7.34. The Hall–Kier alpha value is -1.80. The summed E-state index contributed by atoms with van der Waals surface area (Å²) >= 11 is 0. The van der Waals surface area contributed by atoms with E-state index in [-0.39, 0.29) is 0 Å². The van der Waals surface area contributed by atoms with E-state index in [1.807, 2.05) is 67.7 Å². The van der Waals surface area contributed by atoms with E-state index in [4.69, 9.17) is 5.84 Å². The molecule has 2 nitrogen and oxygen atoms in total. The molecule has 0 aromatic carbocycles. The first-order valence-corrected chi connectivity index (χ1v) is 4.87. The molecule has 0 radical (unpaired) electrons. The predicted octanol–water partition coefficient (Wildman–Crippen LogP) is 2.52. The predicted molar refractivity (Wildman–Crippen MR) is 65.7 cm³/mol. The summed E-state index contributed by atoms with van der Waals surface area (Å²) in [5.74, 6) is 5.43. The van der Waals surface area contributed by atoms with Gasteiger partial charge in [0.2, 0.25) is 0 Å². The van der Waals surface area contributed by atoms with Gasteiger partial charge < -0.3 is 5.43 Å². The lowest BCUT2D eigenvalue weighted by Gasteiger charge is -2.02. The Bertz CT molecular complexity index is 366. The maximum atomic E-state index is 5.43. The molecule has 0 aromatic rings. The number of rotatable bonds is 1. The van der Waals surface area contributed by atoms with Crippen molar-refractivity contribution in [3.8, 4) is 0 Å². The van der Waals surface area contributed by atoms with E-state index in [0.717, 1.165) is 11.3 Å². The molecule has 0 amide bonds. The largest absolute Gasteiger partial charge is 0.324 e. The molecule has 0 spiro atoms. The van der Waals surface area contributed by atoms with Crippen molar-refractivity contribution in [1.82, 2.24) is 5.43 Å². The Morgan fingerprint density at radius 1 is 0.800 bits per heavy atom. The molecular weight excluding hydrogens is 184 g/mol. The molecule has 0 aromatic heterocycles. The van der Waals surface area contributed by atoms with Crippen LogP contribution in [0.3, 0.4) is 0 Å². The van der Waals surface area contributed by atoms with Crippen LogP contribution in [0, 0.1) is 0 Å². The lowest BCUT2D eigenvalue weighted by Crippen LogP contribution is -2.20. The molecule has 3 N–H and O–H groups in total. The lowest BCUT2D eigenvalue weighted by atomic mass is 10.2. The summed E-state index contributed by atoms with van der Waals surface area (Å²) < 4.78 is 0. The van der Waals surface area contributed by atoms with Crippen LogP contribution in [0.2, 0.25) is 0 Å². The zero-order chi connectivity index (χ0) is 10.9. The van der Waals surface area contributed by atoms with Gasteiger partial charge in [0.15, 0.2) is 0 Å². The highest BCUT2D eigenvalue weighted by atomic mass is 15.2. The average Bonchev–Trinajstić information content (AvgIpc) is 2.23. The number of nitrogens with one attached hydrogen (secondary N) is 1. The van der Waals surface area contributed by atoms with Crippen LogP contribution in [-0.4, -0.2) is 0 Å². The van der Waals surface area contributed by atoms with E-state index in [1.54, 1.807) is 0 Å². The standard InChI is InChI=1S/C13H16N2/c1-12-10-8-6-4-2-3-5-7-9-11-13(12)15-14/h2-11,15H,14H2,1H3/b3-2-,4-2?,5-3?,6-4-,7-5-,8-6?,9-7?,10-8-,11-9-,12-10?,13-11?,13-12+. The number of hydrogen-bond donors (Lipinski definition) is 2. The Kier molecular flexibility index (Phi) is 4.98. The molecule has 1 rings (SSSR count). The monoisotopic (exact) mass is 200 g/mol. The third-order valence-electron chi connectivity index (χ3n) is 1.97. The van der Waals surface area contributed by atoms with Gasteiger partial charge in [-0.15, -0.1) is 0 Å². The maximum Gasteiger partial charge on any atom is 0.0514 e. The third kappa shape index (κ3) is 4.29. The van der Waals surface area contributed by atoms with Gasteiger partial charge in [0.25, 0.3) is 0 Å². The molecule has 0 saturated carbocycles. The van der Waals surface area contributed by atoms with Gasteiger partial charge in [-0.25, -0.2) is 0 Å². The van der Waals surface area contributed by atoms with E-state index < -0.39 is 0 Å². The van der Waals surface area contributed by atoms with Crippen molar-refractivity contribution >= 4 is 0 Å². The second kappa shape index (κ2) is 6.62. The van der Waals surface area contributed by atoms with Crippen molar-refractivity contribution < 1.29 is 0 Å². The van der Waals surface area contributed by atoms with Gasteiger partial charge in [-0.1, -0.05) is 54.7 Å². The Labute approximate surface area is 90.8 Å². The van der Waals surface area contributed by atoms with Gasteiger partial charge in [0, 0.05) is 0 Å². The van der Waals surface area contributed by atoms with Gasteiger partial charge >= 0.3 is 0 Å². The molecule has 0 aliphatic heterocycles. The van der Waals surface area contributed by atoms with Crippen molar-refractivity contribution in [2.45, 2.75) is 6.92 Å². The zero-order valence-electron chi connectivity index (χ0n) is 8.85. The summed E-state index contributed by atoms with van der Waals surface area (Å²) in [5, 5.41) is 0. The van der Waals surface area contributed by atoms with Gasteiger partial charge in [-0.3, -0.25) is 5.84 Å². The number of nitrogens with two attached hydrogens (primary N) is 1. The van der Waals surface area contributed by atoms with Crippen LogP contribution in [0.15, 0.2) is 72.0 Å². The van der Waals surface area contributed by atoms with Crippen molar-refractivity contribution in [2.24, 2.45) is 5.84 Å².